The Balaban J connectivity index is 3.93. The minimum Gasteiger partial charge on any atom is -0.550 e. The van der Waals surface area contributed by atoms with E-state index >= 15 is 0 Å². The Hall–Kier alpha value is -1.14. The topological polar surface area (TPSA) is 86.7 Å². The molecule has 0 bridgehead atoms. The molecule has 27 heavy (non-hydrogen) atoms. The zero-order valence-corrected chi connectivity index (χ0v) is 17.9. The van der Waals surface area contributed by atoms with Gasteiger partial charge in [-0.15, -0.1) is 0 Å². The van der Waals surface area contributed by atoms with Crippen LogP contribution in [0.15, 0.2) is 0 Å². The molecule has 0 aromatic carbocycles. The number of aliphatic hydroxyl groups excluding tert-OH is 1. The molecule has 6 heteroatoms. The lowest BCUT2D eigenvalue weighted by atomic mass is 10.0. The number of carbonyl (C=O) groups excluding carboxylic acids is 2. The number of ether oxygens (including phenoxy) is 1. The number of rotatable bonds is 17. The summed E-state index contributed by atoms with van der Waals surface area (Å²) >= 11 is 0. The van der Waals surface area contributed by atoms with Crippen LogP contribution in [0.5, 0.6) is 0 Å². The fourth-order valence-corrected chi connectivity index (χ4v) is 3.16. The maximum absolute atomic E-state index is 12.0. The van der Waals surface area contributed by atoms with Gasteiger partial charge in [-0.05, 0) is 6.42 Å². The number of unbranched alkanes of at least 4 members (excludes halogenated alkanes) is 8. The van der Waals surface area contributed by atoms with Gasteiger partial charge >= 0.3 is 5.97 Å². The summed E-state index contributed by atoms with van der Waals surface area (Å²) in [7, 11) is 5.69. The number of carboxylic acid groups (broad SMARTS) is 1. The van der Waals surface area contributed by atoms with Crippen molar-refractivity contribution >= 4 is 11.9 Å². The van der Waals surface area contributed by atoms with Crippen LogP contribution in [0.2, 0.25) is 0 Å². The smallest absolute Gasteiger partial charge is 0.308 e. The Kier molecular flexibility index (Phi) is 14.2. The van der Waals surface area contributed by atoms with Crippen LogP contribution in [-0.4, -0.2) is 61.4 Å². The number of carbonyl (C=O) groups is 2. The van der Waals surface area contributed by atoms with Gasteiger partial charge in [-0.25, -0.2) is 0 Å². The van der Waals surface area contributed by atoms with E-state index in [2.05, 4.69) is 6.92 Å². The Morgan fingerprint density at radius 1 is 0.926 bits per heavy atom. The van der Waals surface area contributed by atoms with Crippen molar-refractivity contribution in [2.24, 2.45) is 0 Å². The molecule has 0 spiro atoms. The highest BCUT2D eigenvalue weighted by Gasteiger charge is 2.23. The largest absolute Gasteiger partial charge is 0.550 e. The molecule has 0 heterocycles. The van der Waals surface area contributed by atoms with Crippen LogP contribution in [0.1, 0.15) is 84.0 Å². The van der Waals surface area contributed by atoms with Gasteiger partial charge in [0.05, 0.1) is 33.7 Å². The lowest BCUT2D eigenvalue weighted by Gasteiger charge is -2.29. The first kappa shape index (κ1) is 25.9. The normalized spacial score (nSPS) is 14.0. The molecule has 0 radical (unpaired) electrons. The molecule has 0 saturated carbocycles. The highest BCUT2D eigenvalue weighted by molar-refractivity contribution is 5.71. The first-order valence-corrected chi connectivity index (χ1v) is 10.5. The van der Waals surface area contributed by atoms with Crippen LogP contribution in [0, 0.1) is 0 Å². The van der Waals surface area contributed by atoms with Crippen molar-refractivity contribution in [2.45, 2.75) is 96.2 Å². The third kappa shape index (κ3) is 18.0. The lowest BCUT2D eigenvalue weighted by molar-refractivity contribution is -0.873. The predicted octanol–water partition coefficient (Wildman–Crippen LogP) is 2.42. The Morgan fingerprint density at radius 3 is 1.93 bits per heavy atom. The van der Waals surface area contributed by atoms with E-state index in [1.807, 2.05) is 21.1 Å². The number of quaternary nitrogens is 1. The Bertz CT molecular complexity index is 406. The average molecular weight is 388 g/mol. The summed E-state index contributed by atoms with van der Waals surface area (Å²) in [5.41, 5.74) is 0. The summed E-state index contributed by atoms with van der Waals surface area (Å²) in [6.45, 7) is 2.60. The molecule has 0 amide bonds. The number of hydrogen-bond donors (Lipinski definition) is 1. The fraction of sp³-hybridized carbons (Fsp3) is 0.905. The summed E-state index contributed by atoms with van der Waals surface area (Å²) in [5, 5.41) is 20.9. The van der Waals surface area contributed by atoms with Crippen molar-refractivity contribution in [3.63, 3.8) is 0 Å². The highest BCUT2D eigenvalue weighted by atomic mass is 16.5. The monoisotopic (exact) mass is 387 g/mol. The van der Waals surface area contributed by atoms with Crippen molar-refractivity contribution in [1.82, 2.24) is 0 Å². The highest BCUT2D eigenvalue weighted by Crippen LogP contribution is 2.13. The number of hydrogen-bond acceptors (Lipinski definition) is 5. The first-order valence-electron chi connectivity index (χ1n) is 10.5. The van der Waals surface area contributed by atoms with E-state index in [-0.39, 0.29) is 12.8 Å². The Morgan fingerprint density at radius 2 is 1.44 bits per heavy atom. The van der Waals surface area contributed by atoms with Gasteiger partial charge < -0.3 is 24.2 Å². The second kappa shape index (κ2) is 14.9. The summed E-state index contributed by atoms with van der Waals surface area (Å²) in [5.74, 6) is -1.78. The molecule has 0 aromatic heterocycles. The number of carboxylic acids is 1. The molecule has 1 N–H and O–H groups in total. The molecule has 0 aromatic rings. The molecule has 0 aliphatic heterocycles. The number of esters is 1. The van der Waals surface area contributed by atoms with E-state index in [4.69, 9.17) is 4.74 Å². The molecule has 0 unspecified atom stereocenters. The van der Waals surface area contributed by atoms with Crippen molar-refractivity contribution in [3.8, 4) is 0 Å². The SMILES string of the molecule is CCCCCCCCCCC[C@@H](O)CC(=O)O[C@H](CC(=O)[O-])C[N+](C)(C)C. The standard InChI is InChI=1S/C21H41NO5/c1-5-6-7-8-9-10-11-12-13-14-18(23)15-21(26)27-19(16-20(24)25)17-22(2,3)4/h18-19,23H,5-17H2,1-4H3/t18-,19-/m1/s1. The van der Waals surface area contributed by atoms with Crippen LogP contribution in [0.3, 0.4) is 0 Å². The van der Waals surface area contributed by atoms with E-state index in [1.165, 1.54) is 44.9 Å². The third-order valence-electron chi connectivity index (χ3n) is 4.49. The first-order chi connectivity index (χ1) is 12.6. The maximum Gasteiger partial charge on any atom is 0.308 e. The summed E-state index contributed by atoms with van der Waals surface area (Å²) in [6, 6.07) is 0. The molecule has 0 rings (SSSR count). The minimum absolute atomic E-state index is 0.0856. The van der Waals surface area contributed by atoms with Gasteiger partial charge in [-0.3, -0.25) is 4.79 Å². The molecular weight excluding hydrogens is 346 g/mol. The minimum atomic E-state index is -1.24. The van der Waals surface area contributed by atoms with E-state index in [0.29, 0.717) is 17.4 Å². The number of nitrogens with zero attached hydrogens (tertiary/aromatic N) is 1. The van der Waals surface area contributed by atoms with Crippen LogP contribution in [0.4, 0.5) is 0 Å². The van der Waals surface area contributed by atoms with Gasteiger partial charge in [0.15, 0.2) is 6.10 Å². The second-order valence-electron chi connectivity index (χ2n) is 8.64. The molecule has 6 nitrogen and oxygen atoms in total. The van der Waals surface area contributed by atoms with E-state index < -0.39 is 24.1 Å². The summed E-state index contributed by atoms with van der Waals surface area (Å²) in [4.78, 5) is 22.8. The van der Waals surface area contributed by atoms with Gasteiger partial charge in [-0.1, -0.05) is 64.7 Å². The molecule has 160 valence electrons. The lowest BCUT2D eigenvalue weighted by Crippen LogP contribution is -2.45. The van der Waals surface area contributed by atoms with Gasteiger partial charge in [0, 0.05) is 12.4 Å². The predicted molar refractivity (Wildman–Crippen MR) is 105 cm³/mol. The molecule has 2 atom stereocenters. The third-order valence-corrected chi connectivity index (χ3v) is 4.49. The Labute approximate surface area is 165 Å². The zero-order valence-electron chi connectivity index (χ0n) is 17.9. The van der Waals surface area contributed by atoms with Crippen LogP contribution in [0.25, 0.3) is 0 Å². The van der Waals surface area contributed by atoms with Crippen LogP contribution >= 0.6 is 0 Å². The van der Waals surface area contributed by atoms with Crippen molar-refractivity contribution in [3.05, 3.63) is 0 Å². The van der Waals surface area contributed by atoms with Crippen molar-refractivity contribution in [2.75, 3.05) is 27.7 Å². The van der Waals surface area contributed by atoms with Crippen LogP contribution in [-0.2, 0) is 14.3 Å². The van der Waals surface area contributed by atoms with Gasteiger partial charge in [0.1, 0.15) is 6.54 Å². The maximum atomic E-state index is 12.0. The van der Waals surface area contributed by atoms with Crippen molar-refractivity contribution in [1.29, 1.82) is 0 Å². The summed E-state index contributed by atoms with van der Waals surface area (Å²) in [6.07, 6.45) is 9.56. The van der Waals surface area contributed by atoms with Gasteiger partial charge in [-0.2, -0.15) is 0 Å². The number of aliphatic hydroxyl groups is 1. The van der Waals surface area contributed by atoms with Crippen molar-refractivity contribution < 1.29 is 29.0 Å². The number of aliphatic carboxylic acids is 1. The second-order valence-corrected chi connectivity index (χ2v) is 8.64. The molecule has 0 fully saturated rings. The zero-order chi connectivity index (χ0) is 20.7. The number of likely N-dealkylation sites (N-methyl/N-ethyl adjacent to an activating group) is 1. The molecule has 0 aliphatic rings. The van der Waals surface area contributed by atoms with E-state index in [9.17, 15) is 19.8 Å². The molecular formula is C21H41NO5. The van der Waals surface area contributed by atoms with Gasteiger partial charge in [0.25, 0.3) is 0 Å². The average Bonchev–Trinajstić information content (AvgIpc) is 2.50. The van der Waals surface area contributed by atoms with Gasteiger partial charge in [0.2, 0.25) is 0 Å². The van der Waals surface area contributed by atoms with E-state index in [0.717, 1.165) is 12.8 Å². The quantitative estimate of drug-likeness (QED) is 0.235. The van der Waals surface area contributed by atoms with Crippen LogP contribution < -0.4 is 5.11 Å². The molecule has 0 saturated heterocycles. The molecule has 0 aliphatic carbocycles. The fourth-order valence-electron chi connectivity index (χ4n) is 3.16. The van der Waals surface area contributed by atoms with E-state index in [1.54, 1.807) is 0 Å². The summed E-state index contributed by atoms with van der Waals surface area (Å²) < 4.78 is 5.74.